The van der Waals surface area contributed by atoms with E-state index in [4.69, 9.17) is 14.6 Å². The van der Waals surface area contributed by atoms with Gasteiger partial charge in [0.05, 0.1) is 38.6 Å². The molecule has 0 amide bonds. The van der Waals surface area contributed by atoms with Crippen molar-refractivity contribution in [3.8, 4) is 39.4 Å². The maximum absolute atomic E-state index is 6.28. The van der Waals surface area contributed by atoms with Crippen LogP contribution in [-0.2, 0) is 5.41 Å². The van der Waals surface area contributed by atoms with Gasteiger partial charge in [-0.2, -0.15) is 0 Å². The summed E-state index contributed by atoms with van der Waals surface area (Å²) >= 11 is 0. The Kier molecular flexibility index (Phi) is 9.73. The first-order chi connectivity index (χ1) is 41.4. The lowest BCUT2D eigenvalue weighted by molar-refractivity contribution is 0.661. The van der Waals surface area contributed by atoms with E-state index >= 15 is 0 Å². The van der Waals surface area contributed by atoms with Gasteiger partial charge in [-0.25, -0.2) is 0 Å². The molecule has 7 nitrogen and oxygen atoms in total. The number of aromatic nitrogens is 5. The van der Waals surface area contributed by atoms with Gasteiger partial charge in [-0.3, -0.25) is 4.57 Å². The van der Waals surface area contributed by atoms with Gasteiger partial charge in [-0.1, -0.05) is 166 Å². The Morgan fingerprint density at radius 3 is 1.68 bits per heavy atom. The number of rotatable bonds is 7. The monoisotopic (exact) mass is 1070 g/mol. The van der Waals surface area contributed by atoms with Crippen LogP contribution in [0.15, 0.2) is 271 Å². The van der Waals surface area contributed by atoms with Crippen LogP contribution in [0.3, 0.4) is 0 Å². The van der Waals surface area contributed by atoms with Gasteiger partial charge in [0.2, 0.25) is 0 Å². The molecule has 1 aliphatic carbocycles. The molecule has 5 heterocycles. The van der Waals surface area contributed by atoms with E-state index in [0.29, 0.717) is 0 Å². The lowest BCUT2D eigenvalue weighted by Crippen LogP contribution is -2.15. The first kappa shape index (κ1) is 46.7. The van der Waals surface area contributed by atoms with Crippen LogP contribution >= 0.6 is 0 Å². The third-order valence-electron chi connectivity index (χ3n) is 18.1. The highest BCUT2D eigenvalue weighted by molar-refractivity contribution is 6.16. The molecule has 0 aliphatic heterocycles. The van der Waals surface area contributed by atoms with Crippen LogP contribution in [0.25, 0.3) is 138 Å². The molecule has 0 radical (unpaired) electrons. The van der Waals surface area contributed by atoms with E-state index < -0.39 is 0 Å². The summed E-state index contributed by atoms with van der Waals surface area (Å²) in [5, 5.41) is 20.9. The minimum atomic E-state index is -0.237. The van der Waals surface area contributed by atoms with Crippen LogP contribution in [0.5, 0.6) is 0 Å². The fourth-order valence-electron chi connectivity index (χ4n) is 14.2. The number of furan rings is 1. The van der Waals surface area contributed by atoms with Gasteiger partial charge in [-0.05, 0) is 149 Å². The zero-order chi connectivity index (χ0) is 55.4. The number of benzene rings is 12. The van der Waals surface area contributed by atoms with E-state index in [1.165, 1.54) is 49.3 Å². The Balaban J connectivity index is 0.926. The summed E-state index contributed by atoms with van der Waals surface area (Å²) in [6, 6.07) is 97.0. The molecular weight excluding hydrogens is 1020 g/mol. The van der Waals surface area contributed by atoms with Crippen LogP contribution in [0.4, 0.5) is 17.1 Å². The Bertz CT molecular complexity index is 5610. The quantitative estimate of drug-likeness (QED) is 0.160. The summed E-state index contributed by atoms with van der Waals surface area (Å²) in [5.74, 6) is 0.732. The van der Waals surface area contributed by atoms with Crippen molar-refractivity contribution in [2.75, 3.05) is 4.90 Å². The van der Waals surface area contributed by atoms with Crippen LogP contribution in [-0.4, -0.2) is 23.9 Å². The number of para-hydroxylation sites is 6. The summed E-state index contributed by atoms with van der Waals surface area (Å²) in [6.45, 7) is 4.74. The van der Waals surface area contributed by atoms with Crippen molar-refractivity contribution in [1.29, 1.82) is 0 Å². The van der Waals surface area contributed by atoms with E-state index in [2.05, 4.69) is 287 Å². The highest BCUT2D eigenvalue weighted by atomic mass is 16.3. The Hall–Kier alpha value is -11.0. The Morgan fingerprint density at radius 2 is 0.893 bits per heavy atom. The van der Waals surface area contributed by atoms with E-state index in [9.17, 15) is 0 Å². The van der Waals surface area contributed by atoms with Crippen LogP contribution < -0.4 is 4.90 Å². The Morgan fingerprint density at radius 1 is 0.333 bits per heavy atom. The molecule has 0 bridgehead atoms. The van der Waals surface area contributed by atoms with Crippen molar-refractivity contribution in [2.45, 2.75) is 19.3 Å². The van der Waals surface area contributed by atoms with Crippen LogP contribution in [0, 0.1) is 0 Å². The lowest BCUT2D eigenvalue weighted by Gasteiger charge is -2.26. The molecule has 18 rings (SSSR count). The zero-order valence-electron chi connectivity index (χ0n) is 46.0. The number of fused-ring (bicyclic) bond motifs is 16. The minimum absolute atomic E-state index is 0.237. The van der Waals surface area contributed by atoms with Crippen molar-refractivity contribution >= 4 is 115 Å². The van der Waals surface area contributed by atoms with Gasteiger partial charge < -0.3 is 18.5 Å². The molecule has 5 aromatic heterocycles. The smallest absolute Gasteiger partial charge is 0.185 e. The lowest BCUT2D eigenvalue weighted by atomic mass is 9.82. The van der Waals surface area contributed by atoms with E-state index in [1.54, 1.807) is 0 Å². The summed E-state index contributed by atoms with van der Waals surface area (Å²) in [5.41, 5.74) is 21.5. The molecule has 1 aliphatic rings. The largest absolute Gasteiger partial charge is 0.456 e. The molecule has 84 heavy (non-hydrogen) atoms. The normalized spacial score (nSPS) is 13.0. The maximum Gasteiger partial charge on any atom is 0.185 e. The predicted molar refractivity (Wildman–Crippen MR) is 348 cm³/mol. The summed E-state index contributed by atoms with van der Waals surface area (Å²) in [4.78, 5) is 2.39. The Labute approximate surface area is 482 Å². The summed E-state index contributed by atoms with van der Waals surface area (Å²) in [7, 11) is 0. The second-order valence-electron chi connectivity index (χ2n) is 23.0. The van der Waals surface area contributed by atoms with E-state index in [-0.39, 0.29) is 5.41 Å². The third-order valence-corrected chi connectivity index (χ3v) is 18.1. The molecule has 394 valence electrons. The fraction of sp³-hybridized carbons (Fsp3) is 0.0390. The number of anilines is 3. The molecule has 17 aromatic rings. The van der Waals surface area contributed by atoms with Crippen molar-refractivity contribution in [1.82, 2.24) is 23.9 Å². The number of nitrogens with zero attached hydrogens (tertiary/aromatic N) is 6. The SMILES string of the molecule is CC1(C)c2ccccc2-c2cc3c4ccccc4n(-c4c(-n5c6ccccc6c6cc(-c7ccc8oc9ccccc9c8c7)ccc65)nnc5ccc(N(c6ccccc6)c6ccc7c8ccccc8n(-c8ccccc8)c7c6)cc45)c3cc21. The van der Waals surface area contributed by atoms with E-state index in [1.807, 2.05) is 12.1 Å². The molecule has 0 spiro atoms. The molecule has 0 atom stereocenters. The summed E-state index contributed by atoms with van der Waals surface area (Å²) < 4.78 is 13.5. The van der Waals surface area contributed by atoms with Gasteiger partial charge in [0.15, 0.2) is 5.82 Å². The van der Waals surface area contributed by atoms with Crippen LogP contribution in [0.2, 0.25) is 0 Å². The first-order valence-electron chi connectivity index (χ1n) is 28.8. The first-order valence-corrected chi connectivity index (χ1v) is 28.8. The van der Waals surface area contributed by atoms with Crippen molar-refractivity contribution in [3.63, 3.8) is 0 Å². The minimum Gasteiger partial charge on any atom is -0.456 e. The van der Waals surface area contributed by atoms with Gasteiger partial charge in [0.1, 0.15) is 16.9 Å². The average Bonchev–Trinajstić information content (AvgIpc) is 1.93. The predicted octanol–water partition coefficient (Wildman–Crippen LogP) is 20.3. The number of hydrogen-bond donors (Lipinski definition) is 0. The van der Waals surface area contributed by atoms with Crippen molar-refractivity contribution in [2.24, 2.45) is 0 Å². The number of hydrogen-bond acceptors (Lipinski definition) is 4. The molecule has 0 saturated heterocycles. The van der Waals surface area contributed by atoms with Crippen molar-refractivity contribution < 1.29 is 4.42 Å². The van der Waals surface area contributed by atoms with Gasteiger partial charge in [0, 0.05) is 76.6 Å². The average molecular weight is 1080 g/mol. The maximum atomic E-state index is 6.28. The van der Waals surface area contributed by atoms with E-state index in [0.717, 1.165) is 117 Å². The third kappa shape index (κ3) is 6.63. The molecule has 0 saturated carbocycles. The van der Waals surface area contributed by atoms with Gasteiger partial charge in [0.25, 0.3) is 0 Å². The molecule has 0 unspecified atom stereocenters. The van der Waals surface area contributed by atoms with Gasteiger partial charge in [-0.15, -0.1) is 10.2 Å². The second kappa shape index (κ2) is 17.5. The molecule has 12 aromatic carbocycles. The highest BCUT2D eigenvalue weighted by Crippen LogP contribution is 2.52. The zero-order valence-corrected chi connectivity index (χ0v) is 46.0. The standard InChI is InChI=1S/C77H50N6O/c1-77(2)64-28-14-9-23-53(64)59-45-61-56-26-11-16-30-68(56)82(72(61)46-65(59)77)75-63-43-51(80(49-19-5-3-6-20-49)52-35-37-57-54-24-10-15-29-67(54)81(71(57)44-52)50-21-7-4-8-22-50)36-38-66(63)78-79-76(75)83-69-31-17-12-25-55(69)60-41-47(33-39-70(60)83)48-34-40-74-62(42-48)58-27-13-18-32-73(58)84-74/h3-46H,1-2H3. The second-order valence-corrected chi connectivity index (χ2v) is 23.0. The fourth-order valence-corrected chi connectivity index (χ4v) is 14.2. The molecular formula is C77H50N6O. The highest BCUT2D eigenvalue weighted by Gasteiger charge is 2.37. The molecule has 0 N–H and O–H groups in total. The molecule has 7 heteroatoms. The summed E-state index contributed by atoms with van der Waals surface area (Å²) in [6.07, 6.45) is 0. The van der Waals surface area contributed by atoms with Crippen LogP contribution in [0.1, 0.15) is 25.0 Å². The van der Waals surface area contributed by atoms with Crippen molar-refractivity contribution in [3.05, 3.63) is 278 Å². The topological polar surface area (TPSA) is 57.0 Å². The van der Waals surface area contributed by atoms with Gasteiger partial charge >= 0.3 is 0 Å². The molecule has 0 fully saturated rings.